The van der Waals surface area contributed by atoms with Crippen molar-refractivity contribution in [1.29, 1.82) is 0 Å². The quantitative estimate of drug-likeness (QED) is 0.532. The van der Waals surface area contributed by atoms with Gasteiger partial charge in [0.2, 0.25) is 0 Å². The van der Waals surface area contributed by atoms with Crippen LogP contribution in [-0.2, 0) is 0 Å². The van der Waals surface area contributed by atoms with E-state index in [2.05, 4.69) is 23.5 Å². The molecule has 0 aromatic rings. The molecular weight excluding hydrogens is 196 g/mol. The molecule has 2 nitrogen and oxygen atoms in total. The van der Waals surface area contributed by atoms with Gasteiger partial charge >= 0.3 is 0 Å². The van der Waals surface area contributed by atoms with Crippen LogP contribution in [0.25, 0.3) is 0 Å². The highest BCUT2D eigenvalue weighted by molar-refractivity contribution is 4.83. The van der Waals surface area contributed by atoms with Crippen LogP contribution in [0.15, 0.2) is 0 Å². The van der Waals surface area contributed by atoms with Gasteiger partial charge in [0.15, 0.2) is 0 Å². The van der Waals surface area contributed by atoms with Crippen LogP contribution in [0.1, 0.15) is 51.9 Å². The second-order valence-corrected chi connectivity index (χ2v) is 4.90. The smallest absolute Gasteiger partial charge is 0.00981 e. The second-order valence-electron chi connectivity index (χ2n) is 4.90. The summed E-state index contributed by atoms with van der Waals surface area (Å²) in [5.41, 5.74) is 0. The van der Waals surface area contributed by atoms with Gasteiger partial charge in [0.05, 0.1) is 0 Å². The lowest BCUT2D eigenvalue weighted by Crippen LogP contribution is -2.37. The predicted octanol–water partition coefficient (Wildman–Crippen LogP) is 2.30. The van der Waals surface area contributed by atoms with Crippen LogP contribution < -0.4 is 10.6 Å². The molecule has 1 aliphatic rings. The Morgan fingerprint density at radius 1 is 1.44 bits per heavy atom. The molecule has 0 aromatic carbocycles. The molecule has 16 heavy (non-hydrogen) atoms. The van der Waals surface area contributed by atoms with Gasteiger partial charge in [-0.05, 0) is 45.7 Å². The third-order valence-electron chi connectivity index (χ3n) is 3.29. The molecule has 0 aromatic heterocycles. The maximum atomic E-state index is 5.22. The van der Waals surface area contributed by atoms with Crippen LogP contribution in [0.3, 0.4) is 0 Å². The zero-order valence-electron chi connectivity index (χ0n) is 10.6. The summed E-state index contributed by atoms with van der Waals surface area (Å²) >= 11 is 0. The maximum Gasteiger partial charge on any atom is 0.00981 e. The first kappa shape index (κ1) is 13.5. The van der Waals surface area contributed by atoms with Crippen LogP contribution in [0.4, 0.5) is 0 Å². The third kappa shape index (κ3) is 6.15. The van der Waals surface area contributed by atoms with E-state index in [4.69, 9.17) is 6.42 Å². The van der Waals surface area contributed by atoms with Gasteiger partial charge < -0.3 is 10.6 Å². The molecule has 0 spiro atoms. The van der Waals surface area contributed by atoms with Gasteiger partial charge in [0.1, 0.15) is 0 Å². The Bertz CT molecular complexity index is 199. The van der Waals surface area contributed by atoms with Crippen molar-refractivity contribution < 1.29 is 0 Å². The first-order valence-corrected chi connectivity index (χ1v) is 6.73. The minimum absolute atomic E-state index is 0.605. The molecule has 1 saturated heterocycles. The SMILES string of the molecule is C#CCCCNC(C)CC1CCCCCN1. The number of hydrogen-bond acceptors (Lipinski definition) is 2. The Morgan fingerprint density at radius 2 is 2.31 bits per heavy atom. The molecule has 92 valence electrons. The molecule has 0 radical (unpaired) electrons. The molecule has 0 amide bonds. The molecule has 1 fully saturated rings. The summed E-state index contributed by atoms with van der Waals surface area (Å²) in [7, 11) is 0. The van der Waals surface area contributed by atoms with Gasteiger partial charge in [-0.25, -0.2) is 0 Å². The molecule has 0 saturated carbocycles. The molecule has 1 aliphatic heterocycles. The lowest BCUT2D eigenvalue weighted by molar-refractivity contribution is 0.402. The van der Waals surface area contributed by atoms with Crippen LogP contribution in [0.5, 0.6) is 0 Å². The van der Waals surface area contributed by atoms with Crippen molar-refractivity contribution in [2.45, 2.75) is 64.0 Å². The van der Waals surface area contributed by atoms with Gasteiger partial charge in [-0.2, -0.15) is 0 Å². The van der Waals surface area contributed by atoms with Crippen molar-refractivity contribution in [3.63, 3.8) is 0 Å². The summed E-state index contributed by atoms with van der Waals surface area (Å²) in [5, 5.41) is 7.19. The van der Waals surface area contributed by atoms with E-state index in [0.717, 1.165) is 25.4 Å². The summed E-state index contributed by atoms with van der Waals surface area (Å²) in [5.74, 6) is 2.68. The van der Waals surface area contributed by atoms with Gasteiger partial charge in [-0.1, -0.05) is 12.8 Å². The van der Waals surface area contributed by atoms with Crippen molar-refractivity contribution in [1.82, 2.24) is 10.6 Å². The molecule has 2 atom stereocenters. The Labute approximate surface area is 101 Å². The molecule has 2 N–H and O–H groups in total. The maximum absolute atomic E-state index is 5.22. The highest BCUT2D eigenvalue weighted by atomic mass is 14.9. The van der Waals surface area contributed by atoms with Crippen molar-refractivity contribution in [2.75, 3.05) is 13.1 Å². The number of hydrogen-bond donors (Lipinski definition) is 2. The monoisotopic (exact) mass is 222 g/mol. The average Bonchev–Trinajstić information content (AvgIpc) is 2.53. The van der Waals surface area contributed by atoms with Gasteiger partial charge in [-0.15, -0.1) is 12.3 Å². The van der Waals surface area contributed by atoms with E-state index in [0.29, 0.717) is 6.04 Å². The number of rotatable bonds is 6. The lowest BCUT2D eigenvalue weighted by atomic mass is 10.0. The van der Waals surface area contributed by atoms with E-state index in [1.54, 1.807) is 0 Å². The first-order valence-electron chi connectivity index (χ1n) is 6.73. The normalized spacial score (nSPS) is 23.4. The molecule has 1 rings (SSSR count). The predicted molar refractivity (Wildman–Crippen MR) is 70.4 cm³/mol. The molecule has 0 aliphatic carbocycles. The van der Waals surface area contributed by atoms with Crippen molar-refractivity contribution in [3.05, 3.63) is 0 Å². The minimum Gasteiger partial charge on any atom is -0.314 e. The summed E-state index contributed by atoms with van der Waals surface area (Å²) in [6, 6.07) is 1.33. The topological polar surface area (TPSA) is 24.1 Å². The van der Waals surface area contributed by atoms with E-state index in [1.807, 2.05) is 0 Å². The van der Waals surface area contributed by atoms with Crippen LogP contribution in [0.2, 0.25) is 0 Å². The first-order chi connectivity index (χ1) is 7.83. The zero-order valence-corrected chi connectivity index (χ0v) is 10.6. The lowest BCUT2D eigenvalue weighted by Gasteiger charge is -2.21. The van der Waals surface area contributed by atoms with E-state index < -0.39 is 0 Å². The van der Waals surface area contributed by atoms with E-state index in [1.165, 1.54) is 38.6 Å². The Morgan fingerprint density at radius 3 is 3.12 bits per heavy atom. The fourth-order valence-corrected chi connectivity index (χ4v) is 2.35. The molecule has 2 heteroatoms. The second kappa shape index (κ2) is 8.61. The van der Waals surface area contributed by atoms with Gasteiger partial charge in [0.25, 0.3) is 0 Å². The number of unbranched alkanes of at least 4 members (excludes halogenated alkanes) is 1. The standard InChI is InChI=1S/C14H26N2/c1-3-4-7-10-15-13(2)12-14-9-6-5-8-11-16-14/h1,13-16H,4-12H2,2H3. The average molecular weight is 222 g/mol. The highest BCUT2D eigenvalue weighted by Crippen LogP contribution is 2.12. The summed E-state index contributed by atoms with van der Waals surface area (Å²) in [6.07, 6.45) is 13.9. The van der Waals surface area contributed by atoms with Gasteiger partial charge in [0, 0.05) is 18.5 Å². The molecule has 1 heterocycles. The van der Waals surface area contributed by atoms with Crippen molar-refractivity contribution in [2.24, 2.45) is 0 Å². The highest BCUT2D eigenvalue weighted by Gasteiger charge is 2.14. The summed E-state index contributed by atoms with van der Waals surface area (Å²) in [6.45, 7) is 4.54. The largest absolute Gasteiger partial charge is 0.314 e. The molecular formula is C14H26N2. The fraction of sp³-hybridized carbons (Fsp3) is 0.857. The third-order valence-corrected chi connectivity index (χ3v) is 3.29. The molecule has 0 bridgehead atoms. The van der Waals surface area contributed by atoms with E-state index in [9.17, 15) is 0 Å². The minimum atomic E-state index is 0.605. The molecule has 2 unspecified atom stereocenters. The number of terminal acetylenes is 1. The zero-order chi connectivity index (χ0) is 11.6. The van der Waals surface area contributed by atoms with Crippen LogP contribution in [0, 0.1) is 12.3 Å². The van der Waals surface area contributed by atoms with Crippen LogP contribution >= 0.6 is 0 Å². The Hall–Kier alpha value is -0.520. The van der Waals surface area contributed by atoms with Gasteiger partial charge in [-0.3, -0.25) is 0 Å². The van der Waals surface area contributed by atoms with Crippen molar-refractivity contribution in [3.8, 4) is 12.3 Å². The van der Waals surface area contributed by atoms with Crippen LogP contribution in [-0.4, -0.2) is 25.2 Å². The summed E-state index contributed by atoms with van der Waals surface area (Å²) in [4.78, 5) is 0. The Kier molecular flexibility index (Phi) is 7.29. The summed E-state index contributed by atoms with van der Waals surface area (Å²) < 4.78 is 0. The fourth-order valence-electron chi connectivity index (χ4n) is 2.35. The van der Waals surface area contributed by atoms with Crippen molar-refractivity contribution >= 4 is 0 Å². The van der Waals surface area contributed by atoms with E-state index in [-0.39, 0.29) is 0 Å². The number of nitrogens with one attached hydrogen (secondary N) is 2. The van der Waals surface area contributed by atoms with E-state index >= 15 is 0 Å². The Balaban J connectivity index is 2.07.